The van der Waals surface area contributed by atoms with E-state index in [1.165, 1.54) is 6.07 Å². The molecular formula is C14H18N2O5. The lowest BCUT2D eigenvalue weighted by Gasteiger charge is -2.36. The van der Waals surface area contributed by atoms with Crippen LogP contribution in [0.3, 0.4) is 0 Å². The Morgan fingerprint density at radius 1 is 1.48 bits per heavy atom. The van der Waals surface area contributed by atoms with Crippen LogP contribution in [0.4, 0.5) is 5.69 Å². The van der Waals surface area contributed by atoms with Crippen molar-refractivity contribution in [1.29, 1.82) is 0 Å². The number of hydrogen-bond acceptors (Lipinski definition) is 5. The highest BCUT2D eigenvalue weighted by Crippen LogP contribution is 2.25. The quantitative estimate of drug-likeness (QED) is 0.641. The van der Waals surface area contributed by atoms with E-state index in [0.29, 0.717) is 31.6 Å². The minimum Gasteiger partial charge on any atom is -0.394 e. The highest BCUT2D eigenvalue weighted by atomic mass is 16.6. The van der Waals surface area contributed by atoms with Gasteiger partial charge in [-0.05, 0) is 25.3 Å². The number of ether oxygens (including phenoxy) is 1. The van der Waals surface area contributed by atoms with Crippen molar-refractivity contribution in [2.45, 2.75) is 25.3 Å². The minimum absolute atomic E-state index is 0.0433. The molecule has 0 radical (unpaired) electrons. The van der Waals surface area contributed by atoms with Crippen molar-refractivity contribution in [3.8, 4) is 0 Å². The summed E-state index contributed by atoms with van der Waals surface area (Å²) in [5, 5.41) is 23.4. The SMILES string of the molecule is Cc1cccc([N+](=O)[O-])c1C(=O)NC1(CO)CCOCC1. The van der Waals surface area contributed by atoms with Crippen LogP contribution in [-0.2, 0) is 4.74 Å². The van der Waals surface area contributed by atoms with E-state index in [-0.39, 0.29) is 17.9 Å². The lowest BCUT2D eigenvalue weighted by Crippen LogP contribution is -2.54. The molecule has 1 aromatic rings. The first-order valence-electron chi connectivity index (χ1n) is 6.74. The molecule has 0 spiro atoms. The van der Waals surface area contributed by atoms with Gasteiger partial charge in [0.15, 0.2) is 0 Å². The van der Waals surface area contributed by atoms with Crippen LogP contribution in [0.1, 0.15) is 28.8 Å². The van der Waals surface area contributed by atoms with Crippen molar-refractivity contribution in [3.63, 3.8) is 0 Å². The molecule has 7 heteroatoms. The predicted octanol–water partition coefficient (Wildman–Crippen LogP) is 1.17. The molecule has 1 saturated heterocycles. The van der Waals surface area contributed by atoms with Crippen LogP contribution >= 0.6 is 0 Å². The Morgan fingerprint density at radius 2 is 2.14 bits per heavy atom. The van der Waals surface area contributed by atoms with Crippen molar-refractivity contribution < 1.29 is 19.6 Å². The summed E-state index contributed by atoms with van der Waals surface area (Å²) in [6.45, 7) is 2.31. The van der Waals surface area contributed by atoms with E-state index < -0.39 is 16.4 Å². The Kier molecular flexibility index (Phi) is 4.54. The van der Waals surface area contributed by atoms with Crippen molar-refractivity contribution in [2.75, 3.05) is 19.8 Å². The number of nitrogens with zero attached hydrogens (tertiary/aromatic N) is 1. The second kappa shape index (κ2) is 6.19. The van der Waals surface area contributed by atoms with E-state index in [2.05, 4.69) is 5.32 Å². The molecule has 1 aromatic carbocycles. The van der Waals surface area contributed by atoms with Crippen LogP contribution < -0.4 is 5.32 Å². The molecule has 2 N–H and O–H groups in total. The highest BCUT2D eigenvalue weighted by Gasteiger charge is 2.35. The van der Waals surface area contributed by atoms with Gasteiger partial charge < -0.3 is 15.2 Å². The van der Waals surface area contributed by atoms with Gasteiger partial charge in [-0.2, -0.15) is 0 Å². The van der Waals surface area contributed by atoms with E-state index in [4.69, 9.17) is 4.74 Å². The first-order valence-corrected chi connectivity index (χ1v) is 6.74. The van der Waals surface area contributed by atoms with Gasteiger partial charge in [0.05, 0.1) is 17.1 Å². The molecule has 0 aliphatic carbocycles. The molecule has 21 heavy (non-hydrogen) atoms. The van der Waals surface area contributed by atoms with Gasteiger partial charge in [-0.1, -0.05) is 12.1 Å². The second-order valence-corrected chi connectivity index (χ2v) is 5.23. The molecule has 1 heterocycles. The summed E-state index contributed by atoms with van der Waals surface area (Å²) in [7, 11) is 0. The number of benzene rings is 1. The van der Waals surface area contributed by atoms with Crippen molar-refractivity contribution in [3.05, 3.63) is 39.4 Å². The fourth-order valence-electron chi connectivity index (χ4n) is 2.49. The van der Waals surface area contributed by atoms with Crippen molar-refractivity contribution >= 4 is 11.6 Å². The predicted molar refractivity (Wildman–Crippen MR) is 75.2 cm³/mol. The Balaban J connectivity index is 2.30. The van der Waals surface area contributed by atoms with E-state index in [1.807, 2.05) is 0 Å². The zero-order valence-corrected chi connectivity index (χ0v) is 11.8. The van der Waals surface area contributed by atoms with Gasteiger partial charge in [0.1, 0.15) is 5.56 Å². The summed E-state index contributed by atoms with van der Waals surface area (Å²) in [5.74, 6) is -0.532. The maximum atomic E-state index is 12.5. The van der Waals surface area contributed by atoms with E-state index in [1.54, 1.807) is 19.1 Å². The van der Waals surface area contributed by atoms with Gasteiger partial charge in [-0.3, -0.25) is 14.9 Å². The van der Waals surface area contributed by atoms with Gasteiger partial charge in [0.25, 0.3) is 11.6 Å². The number of aliphatic hydroxyl groups excluding tert-OH is 1. The third kappa shape index (κ3) is 3.20. The molecule has 114 valence electrons. The van der Waals surface area contributed by atoms with Crippen LogP contribution in [-0.4, -0.2) is 41.3 Å². The van der Waals surface area contributed by atoms with E-state index >= 15 is 0 Å². The van der Waals surface area contributed by atoms with Crippen LogP contribution in [0.25, 0.3) is 0 Å². The van der Waals surface area contributed by atoms with Crippen LogP contribution in [0, 0.1) is 17.0 Å². The fourth-order valence-corrected chi connectivity index (χ4v) is 2.49. The standard InChI is InChI=1S/C14H18N2O5/c1-10-3-2-4-11(16(19)20)12(10)13(18)15-14(9-17)5-7-21-8-6-14/h2-4,17H,5-9H2,1H3,(H,15,18). The van der Waals surface area contributed by atoms with E-state index in [9.17, 15) is 20.0 Å². The molecule has 1 amide bonds. The zero-order valence-electron chi connectivity index (χ0n) is 11.8. The lowest BCUT2D eigenvalue weighted by atomic mass is 9.90. The number of aliphatic hydroxyl groups is 1. The smallest absolute Gasteiger partial charge is 0.282 e. The van der Waals surface area contributed by atoms with Crippen LogP contribution in [0.2, 0.25) is 0 Å². The Morgan fingerprint density at radius 3 is 2.71 bits per heavy atom. The summed E-state index contributed by atoms with van der Waals surface area (Å²) in [4.78, 5) is 23.0. The third-order valence-corrected chi connectivity index (χ3v) is 3.81. The van der Waals surface area contributed by atoms with Gasteiger partial charge >= 0.3 is 0 Å². The molecule has 0 atom stereocenters. The molecule has 0 bridgehead atoms. The first kappa shape index (κ1) is 15.4. The fraction of sp³-hybridized carbons (Fsp3) is 0.500. The molecule has 0 aromatic heterocycles. The Bertz CT molecular complexity index is 552. The number of nitro groups is 1. The normalized spacial score (nSPS) is 17.2. The molecule has 1 aliphatic rings. The Labute approximate surface area is 122 Å². The summed E-state index contributed by atoms with van der Waals surface area (Å²) in [5.41, 5.74) is -0.429. The maximum Gasteiger partial charge on any atom is 0.282 e. The largest absolute Gasteiger partial charge is 0.394 e. The molecule has 7 nitrogen and oxygen atoms in total. The minimum atomic E-state index is -0.772. The number of amides is 1. The summed E-state index contributed by atoms with van der Waals surface area (Å²) in [6.07, 6.45) is 0.962. The number of nitro benzene ring substituents is 1. The summed E-state index contributed by atoms with van der Waals surface area (Å²) < 4.78 is 5.23. The van der Waals surface area contributed by atoms with Gasteiger partial charge in [0, 0.05) is 19.3 Å². The molecule has 1 aliphatic heterocycles. The average molecular weight is 294 g/mol. The van der Waals surface area contributed by atoms with Crippen LogP contribution in [0.5, 0.6) is 0 Å². The number of nitrogens with one attached hydrogen (secondary N) is 1. The van der Waals surface area contributed by atoms with Crippen molar-refractivity contribution in [1.82, 2.24) is 5.32 Å². The topological polar surface area (TPSA) is 102 Å². The lowest BCUT2D eigenvalue weighted by molar-refractivity contribution is -0.385. The van der Waals surface area contributed by atoms with Gasteiger partial charge in [-0.15, -0.1) is 0 Å². The summed E-state index contributed by atoms with van der Waals surface area (Å²) >= 11 is 0. The van der Waals surface area contributed by atoms with Crippen LogP contribution in [0.15, 0.2) is 18.2 Å². The first-order chi connectivity index (χ1) is 9.99. The molecule has 2 rings (SSSR count). The van der Waals surface area contributed by atoms with Gasteiger partial charge in [-0.25, -0.2) is 0 Å². The number of carbonyl (C=O) groups excluding carboxylic acids is 1. The maximum absolute atomic E-state index is 12.5. The van der Waals surface area contributed by atoms with E-state index in [0.717, 1.165) is 0 Å². The second-order valence-electron chi connectivity index (χ2n) is 5.23. The zero-order chi connectivity index (χ0) is 15.5. The average Bonchev–Trinajstić information content (AvgIpc) is 2.47. The highest BCUT2D eigenvalue weighted by molar-refractivity contribution is 6.00. The monoisotopic (exact) mass is 294 g/mol. The number of carbonyl (C=O) groups is 1. The van der Waals surface area contributed by atoms with Gasteiger partial charge in [0.2, 0.25) is 0 Å². The third-order valence-electron chi connectivity index (χ3n) is 3.81. The number of hydrogen-bond donors (Lipinski definition) is 2. The molecule has 0 unspecified atom stereocenters. The number of rotatable bonds is 4. The summed E-state index contributed by atoms with van der Waals surface area (Å²) in [6, 6.07) is 4.50. The number of aryl methyl sites for hydroxylation is 1. The molecular weight excluding hydrogens is 276 g/mol. The molecule has 0 saturated carbocycles. The van der Waals surface area contributed by atoms with Crippen molar-refractivity contribution in [2.24, 2.45) is 0 Å². The Hall–Kier alpha value is -1.99. The molecule has 1 fully saturated rings.